The van der Waals surface area contributed by atoms with Crippen molar-refractivity contribution in [3.8, 4) is 0 Å². The molecule has 3 atom stereocenters. The summed E-state index contributed by atoms with van der Waals surface area (Å²) < 4.78 is 25.4. The molecule has 1 saturated heterocycles. The average Bonchev–Trinajstić information content (AvgIpc) is 2.69. The highest BCUT2D eigenvalue weighted by Crippen LogP contribution is 2.30. The lowest BCUT2D eigenvalue weighted by Gasteiger charge is -2.32. The molecule has 0 N–H and O–H groups in total. The lowest BCUT2D eigenvalue weighted by molar-refractivity contribution is -0.211. The molecule has 0 saturated carbocycles. The summed E-state index contributed by atoms with van der Waals surface area (Å²) >= 11 is 7.79. The summed E-state index contributed by atoms with van der Waals surface area (Å²) in [6, 6.07) is 14.4. The van der Waals surface area contributed by atoms with E-state index in [1.54, 1.807) is 12.1 Å². The molecule has 3 rings (SSSR count). The van der Waals surface area contributed by atoms with Gasteiger partial charge in [0, 0.05) is 16.5 Å². The van der Waals surface area contributed by atoms with Gasteiger partial charge in [-0.25, -0.2) is 4.39 Å². The lowest BCUT2D eigenvalue weighted by Crippen LogP contribution is -2.32. The molecule has 2 aromatic rings. The van der Waals surface area contributed by atoms with E-state index in [-0.39, 0.29) is 24.3 Å². The van der Waals surface area contributed by atoms with Crippen molar-refractivity contribution in [3.05, 3.63) is 77.4 Å². The Bertz CT molecular complexity index is 692. The Labute approximate surface area is 170 Å². The molecular formula is C22H25ClFO2S. The van der Waals surface area contributed by atoms with Gasteiger partial charge >= 0.3 is 0 Å². The Kier molecular flexibility index (Phi) is 8.01. The van der Waals surface area contributed by atoms with Crippen LogP contribution in [0.4, 0.5) is 4.39 Å². The molecule has 0 spiro atoms. The summed E-state index contributed by atoms with van der Waals surface area (Å²) in [5, 5.41) is 0.764. The summed E-state index contributed by atoms with van der Waals surface area (Å²) in [7, 11) is 0. The highest BCUT2D eigenvalue weighted by Gasteiger charge is 2.25. The lowest BCUT2D eigenvalue weighted by atomic mass is 10.1. The molecule has 1 aliphatic rings. The van der Waals surface area contributed by atoms with Gasteiger partial charge in [0.1, 0.15) is 5.82 Å². The van der Waals surface area contributed by atoms with Crippen molar-refractivity contribution in [3.63, 3.8) is 0 Å². The average molecular weight is 408 g/mol. The zero-order chi connectivity index (χ0) is 19.1. The second-order valence-corrected chi connectivity index (χ2v) is 8.19. The van der Waals surface area contributed by atoms with Gasteiger partial charge in [0.15, 0.2) is 6.29 Å². The van der Waals surface area contributed by atoms with Crippen LogP contribution in [0, 0.1) is 12.7 Å². The number of ether oxygens (including phenoxy) is 2. The van der Waals surface area contributed by atoms with Crippen LogP contribution in [0.2, 0.25) is 5.02 Å². The predicted octanol–water partition coefficient (Wildman–Crippen LogP) is 6.59. The van der Waals surface area contributed by atoms with Crippen molar-refractivity contribution >= 4 is 23.4 Å². The van der Waals surface area contributed by atoms with E-state index in [0.29, 0.717) is 6.42 Å². The van der Waals surface area contributed by atoms with Gasteiger partial charge in [-0.05, 0) is 61.1 Å². The first-order chi connectivity index (χ1) is 13.1. The van der Waals surface area contributed by atoms with Crippen LogP contribution in [-0.2, 0) is 15.2 Å². The maximum Gasteiger partial charge on any atom is 0.158 e. The maximum atomic E-state index is 13.1. The number of hydrogen-bond acceptors (Lipinski definition) is 3. The largest absolute Gasteiger partial charge is 0.349 e. The first kappa shape index (κ1) is 20.7. The second-order valence-electron chi connectivity index (χ2n) is 6.73. The van der Waals surface area contributed by atoms with Gasteiger partial charge in [-0.15, -0.1) is 0 Å². The molecule has 27 heavy (non-hydrogen) atoms. The zero-order valence-corrected chi connectivity index (χ0v) is 16.9. The highest BCUT2D eigenvalue weighted by molar-refractivity contribution is 7.98. The first-order valence-corrected chi connectivity index (χ1v) is 10.8. The Morgan fingerprint density at radius 1 is 1.15 bits per heavy atom. The molecule has 1 aliphatic heterocycles. The van der Waals surface area contributed by atoms with E-state index >= 15 is 0 Å². The molecule has 1 heterocycles. The molecule has 5 heteroatoms. The van der Waals surface area contributed by atoms with Gasteiger partial charge in [0.2, 0.25) is 0 Å². The van der Waals surface area contributed by atoms with Crippen LogP contribution >= 0.6 is 23.4 Å². The first-order valence-electron chi connectivity index (χ1n) is 9.32. The monoisotopic (exact) mass is 407 g/mol. The van der Waals surface area contributed by atoms with E-state index in [9.17, 15) is 4.39 Å². The van der Waals surface area contributed by atoms with Crippen LogP contribution in [0.15, 0.2) is 48.5 Å². The van der Waals surface area contributed by atoms with Crippen LogP contribution in [-0.4, -0.2) is 18.1 Å². The molecule has 0 aromatic heterocycles. The van der Waals surface area contributed by atoms with Gasteiger partial charge in [-0.1, -0.05) is 42.8 Å². The number of benzene rings is 2. The summed E-state index contributed by atoms with van der Waals surface area (Å²) in [5.74, 6) is 1.64. The molecule has 3 unspecified atom stereocenters. The maximum absolute atomic E-state index is 13.1. The van der Waals surface area contributed by atoms with Gasteiger partial charge in [0.25, 0.3) is 0 Å². The molecule has 2 nitrogen and oxygen atoms in total. The topological polar surface area (TPSA) is 18.5 Å². The standard InChI is InChI=1S/C22H25ClFO2S/c1-2-21(17-8-12-19(24)13-9-17)26-22-5-3-4-20(25-22)15-27-14-16-6-10-18(23)11-7-16/h6-13,20-22H,1-5,14-15H2. The minimum atomic E-state index is -0.242. The van der Waals surface area contributed by atoms with Crippen LogP contribution in [0.1, 0.15) is 42.9 Å². The number of hydrogen-bond donors (Lipinski definition) is 0. The number of thioether (sulfide) groups is 1. The second kappa shape index (κ2) is 10.5. The Balaban J connectivity index is 1.46. The van der Waals surface area contributed by atoms with E-state index < -0.39 is 0 Å². The summed E-state index contributed by atoms with van der Waals surface area (Å²) in [6.07, 6.45) is 3.41. The van der Waals surface area contributed by atoms with Crippen LogP contribution < -0.4 is 0 Å². The Hall–Kier alpha value is -1.07. The van der Waals surface area contributed by atoms with E-state index in [1.807, 2.05) is 23.9 Å². The molecule has 145 valence electrons. The molecule has 0 bridgehead atoms. The minimum Gasteiger partial charge on any atom is -0.349 e. The third-order valence-electron chi connectivity index (χ3n) is 4.62. The Morgan fingerprint density at radius 3 is 2.59 bits per heavy atom. The normalized spacial score (nSPS) is 21.1. The molecule has 0 amide bonds. The van der Waals surface area contributed by atoms with Crippen molar-refractivity contribution in [1.29, 1.82) is 0 Å². The smallest absolute Gasteiger partial charge is 0.158 e. The third-order valence-corrected chi connectivity index (χ3v) is 6.01. The van der Waals surface area contributed by atoms with Crippen LogP contribution in [0.3, 0.4) is 0 Å². The fraction of sp³-hybridized carbons (Fsp3) is 0.409. The van der Waals surface area contributed by atoms with Crippen molar-refractivity contribution in [2.24, 2.45) is 0 Å². The quantitative estimate of drug-likeness (QED) is 0.491. The predicted molar refractivity (Wildman–Crippen MR) is 110 cm³/mol. The van der Waals surface area contributed by atoms with Crippen LogP contribution in [0.25, 0.3) is 0 Å². The summed E-state index contributed by atoms with van der Waals surface area (Å²) in [6.45, 7) is 3.97. The van der Waals surface area contributed by atoms with Crippen molar-refractivity contribution in [2.45, 2.75) is 49.9 Å². The SMILES string of the molecule is [CH2]CC(OC1CCCC(CSCc2ccc(Cl)cc2)O1)c1ccc(F)cc1. The molecular weight excluding hydrogens is 383 g/mol. The molecule has 0 aliphatic carbocycles. The summed E-state index contributed by atoms with van der Waals surface area (Å²) in [4.78, 5) is 0. The summed E-state index contributed by atoms with van der Waals surface area (Å²) in [5.41, 5.74) is 2.20. The fourth-order valence-corrected chi connectivity index (χ4v) is 4.33. The Morgan fingerprint density at radius 2 is 1.89 bits per heavy atom. The number of halogens is 2. The zero-order valence-electron chi connectivity index (χ0n) is 15.3. The van der Waals surface area contributed by atoms with Crippen molar-refractivity contribution < 1.29 is 13.9 Å². The van der Waals surface area contributed by atoms with E-state index in [1.165, 1.54) is 17.7 Å². The third kappa shape index (κ3) is 6.49. The van der Waals surface area contributed by atoms with E-state index in [0.717, 1.165) is 41.4 Å². The fourth-order valence-electron chi connectivity index (χ4n) is 3.15. The van der Waals surface area contributed by atoms with Gasteiger partial charge in [-0.2, -0.15) is 11.8 Å². The number of rotatable bonds is 8. The molecule has 2 aromatic carbocycles. The highest BCUT2D eigenvalue weighted by atomic mass is 35.5. The molecule has 1 fully saturated rings. The minimum absolute atomic E-state index is 0.170. The van der Waals surface area contributed by atoms with Gasteiger partial charge in [0.05, 0.1) is 12.2 Å². The van der Waals surface area contributed by atoms with Crippen LogP contribution in [0.5, 0.6) is 0 Å². The van der Waals surface area contributed by atoms with Gasteiger partial charge < -0.3 is 9.47 Å². The van der Waals surface area contributed by atoms with Gasteiger partial charge in [-0.3, -0.25) is 0 Å². The van der Waals surface area contributed by atoms with Crippen molar-refractivity contribution in [2.75, 3.05) is 5.75 Å². The van der Waals surface area contributed by atoms with Crippen molar-refractivity contribution in [1.82, 2.24) is 0 Å². The van der Waals surface area contributed by atoms with E-state index in [4.69, 9.17) is 21.1 Å². The molecule has 1 radical (unpaired) electrons. The van der Waals surface area contributed by atoms with E-state index in [2.05, 4.69) is 19.1 Å².